The lowest BCUT2D eigenvalue weighted by molar-refractivity contribution is -0.121. The van der Waals surface area contributed by atoms with Gasteiger partial charge in [-0.05, 0) is 48.9 Å². The molecule has 3 rings (SSSR count). The number of aryl methyl sites for hydroxylation is 1. The molecule has 27 heavy (non-hydrogen) atoms. The minimum Gasteiger partial charge on any atom is -0.497 e. The van der Waals surface area contributed by atoms with Crippen LogP contribution in [-0.2, 0) is 11.2 Å². The summed E-state index contributed by atoms with van der Waals surface area (Å²) in [6, 6.07) is 15.2. The number of methoxy groups -OCH3 is 1. The molecule has 1 heterocycles. The van der Waals surface area contributed by atoms with E-state index in [-0.39, 0.29) is 18.4 Å². The molecule has 0 aliphatic heterocycles. The Balaban J connectivity index is 1.52. The molecule has 1 aromatic heterocycles. The third kappa shape index (κ3) is 5.17. The highest BCUT2D eigenvalue weighted by molar-refractivity contribution is 9.10. The number of carbonyl (C=O) groups excluding carboxylic acids is 1. The van der Waals surface area contributed by atoms with Crippen molar-refractivity contribution in [1.29, 1.82) is 0 Å². The molecule has 1 amide bonds. The molecule has 3 aromatic rings. The molecule has 0 aliphatic carbocycles. The van der Waals surface area contributed by atoms with Gasteiger partial charge in [-0.3, -0.25) is 4.79 Å². The number of benzene rings is 2. The Morgan fingerprint density at radius 1 is 1.19 bits per heavy atom. The summed E-state index contributed by atoms with van der Waals surface area (Å²) in [7, 11) is 1.62. The molecule has 0 radical (unpaired) electrons. The lowest BCUT2D eigenvalue weighted by Crippen LogP contribution is -2.26. The highest BCUT2D eigenvalue weighted by Crippen LogP contribution is 2.20. The molecule has 140 valence electrons. The zero-order valence-electron chi connectivity index (χ0n) is 15.1. The summed E-state index contributed by atoms with van der Waals surface area (Å²) < 4.78 is 11.4. The van der Waals surface area contributed by atoms with E-state index in [9.17, 15) is 4.79 Å². The molecule has 1 N–H and O–H groups in total. The average Bonchev–Trinajstić information content (AvgIpc) is 3.16. The van der Waals surface area contributed by atoms with Gasteiger partial charge in [-0.1, -0.05) is 33.2 Å². The summed E-state index contributed by atoms with van der Waals surface area (Å²) >= 11 is 3.39. The van der Waals surface area contributed by atoms with E-state index in [1.54, 1.807) is 7.11 Å². The first kappa shape index (κ1) is 19.1. The third-order valence-electron chi connectivity index (χ3n) is 4.13. The number of ether oxygens (including phenoxy) is 1. The minimum absolute atomic E-state index is 0.0679. The van der Waals surface area contributed by atoms with Crippen LogP contribution in [0.25, 0.3) is 11.4 Å². The van der Waals surface area contributed by atoms with Gasteiger partial charge in [0, 0.05) is 22.9 Å². The van der Waals surface area contributed by atoms with E-state index in [0.29, 0.717) is 18.1 Å². The molecule has 7 heteroatoms. The van der Waals surface area contributed by atoms with E-state index in [0.717, 1.165) is 21.3 Å². The van der Waals surface area contributed by atoms with Crippen LogP contribution in [-0.4, -0.2) is 23.2 Å². The van der Waals surface area contributed by atoms with Crippen LogP contribution in [0.15, 0.2) is 57.5 Å². The second-order valence-electron chi connectivity index (χ2n) is 6.08. The van der Waals surface area contributed by atoms with Crippen LogP contribution in [0.5, 0.6) is 5.75 Å². The number of aromatic nitrogens is 2. The molecule has 0 aliphatic rings. The van der Waals surface area contributed by atoms with Gasteiger partial charge in [-0.15, -0.1) is 0 Å². The molecule has 0 bridgehead atoms. The quantitative estimate of drug-likeness (QED) is 0.604. The van der Waals surface area contributed by atoms with Gasteiger partial charge in [-0.2, -0.15) is 4.98 Å². The average molecular weight is 430 g/mol. The maximum atomic E-state index is 12.2. The van der Waals surface area contributed by atoms with Crippen molar-refractivity contribution in [3.63, 3.8) is 0 Å². The lowest BCUT2D eigenvalue weighted by atomic mass is 10.1. The summed E-state index contributed by atoms with van der Waals surface area (Å²) in [4.78, 5) is 16.6. The highest BCUT2D eigenvalue weighted by Gasteiger charge is 2.13. The number of nitrogens with one attached hydrogen (secondary N) is 1. The smallest absolute Gasteiger partial charge is 0.227 e. The Morgan fingerprint density at radius 2 is 1.89 bits per heavy atom. The Labute approximate surface area is 166 Å². The number of hydrogen-bond donors (Lipinski definition) is 1. The van der Waals surface area contributed by atoms with Crippen LogP contribution in [0.1, 0.15) is 30.8 Å². The predicted octanol–water partition coefficient (Wildman–Crippen LogP) is 4.32. The van der Waals surface area contributed by atoms with Crippen molar-refractivity contribution in [2.45, 2.75) is 25.8 Å². The van der Waals surface area contributed by atoms with Crippen molar-refractivity contribution in [1.82, 2.24) is 15.5 Å². The van der Waals surface area contributed by atoms with Gasteiger partial charge >= 0.3 is 0 Å². The molecule has 0 unspecified atom stereocenters. The number of hydrogen-bond acceptors (Lipinski definition) is 5. The van der Waals surface area contributed by atoms with Gasteiger partial charge in [-0.25, -0.2) is 0 Å². The van der Waals surface area contributed by atoms with Gasteiger partial charge in [0.05, 0.1) is 13.2 Å². The van der Waals surface area contributed by atoms with Crippen molar-refractivity contribution in [2.75, 3.05) is 7.11 Å². The van der Waals surface area contributed by atoms with Crippen LogP contribution in [0.4, 0.5) is 0 Å². The van der Waals surface area contributed by atoms with Crippen molar-refractivity contribution in [2.24, 2.45) is 0 Å². The highest BCUT2D eigenvalue weighted by atomic mass is 79.9. The topological polar surface area (TPSA) is 77.2 Å². The molecule has 0 spiro atoms. The summed E-state index contributed by atoms with van der Waals surface area (Å²) in [5.41, 5.74) is 1.88. The maximum absolute atomic E-state index is 12.2. The molecule has 2 aromatic carbocycles. The van der Waals surface area contributed by atoms with E-state index in [1.165, 1.54) is 0 Å². The van der Waals surface area contributed by atoms with E-state index in [2.05, 4.69) is 31.4 Å². The van der Waals surface area contributed by atoms with Gasteiger partial charge < -0.3 is 14.6 Å². The van der Waals surface area contributed by atoms with Crippen LogP contribution in [0.2, 0.25) is 0 Å². The number of rotatable bonds is 7. The van der Waals surface area contributed by atoms with E-state index in [1.807, 2.05) is 55.5 Å². The summed E-state index contributed by atoms with van der Waals surface area (Å²) in [6.45, 7) is 1.94. The second kappa shape index (κ2) is 8.81. The number of nitrogens with zero attached hydrogens (tertiary/aromatic N) is 2. The molecule has 0 saturated heterocycles. The van der Waals surface area contributed by atoms with Gasteiger partial charge in [0.25, 0.3) is 0 Å². The Kier molecular flexibility index (Phi) is 6.24. The Morgan fingerprint density at radius 3 is 2.56 bits per heavy atom. The van der Waals surface area contributed by atoms with Crippen LogP contribution < -0.4 is 10.1 Å². The fraction of sp³-hybridized carbons (Fsp3) is 0.250. The van der Waals surface area contributed by atoms with Gasteiger partial charge in [0.2, 0.25) is 17.6 Å². The minimum atomic E-state index is -0.0931. The Hall–Kier alpha value is -2.67. The van der Waals surface area contributed by atoms with Gasteiger partial charge in [0.1, 0.15) is 5.75 Å². The Bertz CT molecular complexity index is 892. The predicted molar refractivity (Wildman–Crippen MR) is 105 cm³/mol. The SMILES string of the molecule is COc1ccc([C@@H](C)NC(=O)CCc2nc(-c3ccc(Br)cc3)no2)cc1. The molecule has 0 saturated carbocycles. The molecule has 0 fully saturated rings. The van der Waals surface area contributed by atoms with E-state index in [4.69, 9.17) is 9.26 Å². The van der Waals surface area contributed by atoms with Crippen molar-refractivity contribution >= 4 is 21.8 Å². The molecule has 1 atom stereocenters. The first-order valence-corrected chi connectivity index (χ1v) is 9.36. The standard InChI is InChI=1S/C20H20BrN3O3/c1-13(14-5-9-17(26-2)10-6-14)22-18(25)11-12-19-23-20(24-27-19)15-3-7-16(21)8-4-15/h3-10,13H,11-12H2,1-2H3,(H,22,25)/t13-/m1/s1. The number of halogens is 1. The fourth-order valence-electron chi connectivity index (χ4n) is 2.58. The van der Waals surface area contributed by atoms with E-state index >= 15 is 0 Å². The third-order valence-corrected chi connectivity index (χ3v) is 4.66. The monoisotopic (exact) mass is 429 g/mol. The summed E-state index contributed by atoms with van der Waals surface area (Å²) in [5.74, 6) is 1.68. The summed E-state index contributed by atoms with van der Waals surface area (Å²) in [6.07, 6.45) is 0.674. The van der Waals surface area contributed by atoms with Crippen molar-refractivity contribution < 1.29 is 14.1 Å². The zero-order chi connectivity index (χ0) is 19.2. The van der Waals surface area contributed by atoms with Crippen LogP contribution in [0.3, 0.4) is 0 Å². The largest absolute Gasteiger partial charge is 0.497 e. The van der Waals surface area contributed by atoms with Crippen molar-refractivity contribution in [3.8, 4) is 17.1 Å². The van der Waals surface area contributed by atoms with E-state index < -0.39 is 0 Å². The zero-order valence-corrected chi connectivity index (χ0v) is 16.7. The first-order valence-electron chi connectivity index (χ1n) is 8.57. The fourth-order valence-corrected chi connectivity index (χ4v) is 2.85. The lowest BCUT2D eigenvalue weighted by Gasteiger charge is -2.14. The molecular weight excluding hydrogens is 410 g/mol. The first-order chi connectivity index (χ1) is 13.0. The van der Waals surface area contributed by atoms with Gasteiger partial charge in [0.15, 0.2) is 0 Å². The van der Waals surface area contributed by atoms with Crippen LogP contribution in [0, 0.1) is 0 Å². The number of amides is 1. The second-order valence-corrected chi connectivity index (χ2v) is 7.00. The summed E-state index contributed by atoms with van der Waals surface area (Å²) in [5, 5.41) is 6.95. The normalized spacial score (nSPS) is 11.8. The molecule has 6 nitrogen and oxygen atoms in total. The van der Waals surface area contributed by atoms with Crippen molar-refractivity contribution in [3.05, 3.63) is 64.5 Å². The number of carbonyl (C=O) groups is 1. The maximum Gasteiger partial charge on any atom is 0.227 e. The van der Waals surface area contributed by atoms with Crippen LogP contribution >= 0.6 is 15.9 Å². The molecular formula is C20H20BrN3O3.